The van der Waals surface area contributed by atoms with Gasteiger partial charge in [-0.25, -0.2) is 0 Å². The van der Waals surface area contributed by atoms with Gasteiger partial charge >= 0.3 is 0 Å². The van der Waals surface area contributed by atoms with Crippen molar-refractivity contribution in [3.63, 3.8) is 0 Å². The standard InChI is InChI=1S/C9H12Cl3NO/c10-9(11,12)8(13)14-7-4-5-1-2-6(7)3-5/h5-7,13H,1-4H2/t5-,6+,7+/m1/s1. The molecular formula is C9H12Cl3NO. The van der Waals surface area contributed by atoms with Gasteiger partial charge in [-0.3, -0.25) is 5.41 Å². The SMILES string of the molecule is N=C(O[C@H]1C[C@@H]2CC[C@H]1C2)C(Cl)(Cl)Cl. The van der Waals surface area contributed by atoms with Crippen molar-refractivity contribution in [3.8, 4) is 0 Å². The van der Waals surface area contributed by atoms with E-state index in [-0.39, 0.29) is 12.0 Å². The molecule has 0 saturated heterocycles. The van der Waals surface area contributed by atoms with Gasteiger partial charge in [0.1, 0.15) is 6.10 Å². The van der Waals surface area contributed by atoms with E-state index in [4.69, 9.17) is 44.9 Å². The van der Waals surface area contributed by atoms with Crippen molar-refractivity contribution in [2.75, 3.05) is 0 Å². The van der Waals surface area contributed by atoms with Crippen LogP contribution in [0.1, 0.15) is 25.7 Å². The number of hydrogen-bond donors (Lipinski definition) is 1. The van der Waals surface area contributed by atoms with Crippen molar-refractivity contribution < 1.29 is 4.74 Å². The van der Waals surface area contributed by atoms with Crippen LogP contribution in [0.5, 0.6) is 0 Å². The second kappa shape index (κ2) is 3.73. The summed E-state index contributed by atoms with van der Waals surface area (Å²) in [5.41, 5.74) is 0. The first-order valence-corrected chi connectivity index (χ1v) is 5.92. The second-order valence-corrected chi connectivity index (χ2v) is 6.44. The van der Waals surface area contributed by atoms with Gasteiger partial charge in [-0.15, -0.1) is 0 Å². The fourth-order valence-electron chi connectivity index (χ4n) is 2.55. The monoisotopic (exact) mass is 255 g/mol. The average Bonchev–Trinajstić information content (AvgIpc) is 2.62. The molecule has 80 valence electrons. The predicted molar refractivity (Wildman–Crippen MR) is 58.3 cm³/mol. The Kier molecular flexibility index (Phi) is 2.89. The van der Waals surface area contributed by atoms with Crippen LogP contribution in [0.25, 0.3) is 0 Å². The molecule has 2 bridgehead atoms. The lowest BCUT2D eigenvalue weighted by molar-refractivity contribution is 0.122. The van der Waals surface area contributed by atoms with Crippen molar-refractivity contribution in [1.82, 2.24) is 0 Å². The largest absolute Gasteiger partial charge is 0.474 e. The third-order valence-corrected chi connectivity index (χ3v) is 3.71. The summed E-state index contributed by atoms with van der Waals surface area (Å²) < 4.78 is 3.69. The van der Waals surface area contributed by atoms with E-state index in [0.29, 0.717) is 5.92 Å². The van der Waals surface area contributed by atoms with Gasteiger partial charge in [0.05, 0.1) is 0 Å². The van der Waals surface area contributed by atoms with E-state index in [9.17, 15) is 0 Å². The van der Waals surface area contributed by atoms with Crippen LogP contribution in [-0.2, 0) is 4.74 Å². The lowest BCUT2D eigenvalue weighted by atomic mass is 9.98. The average molecular weight is 257 g/mol. The van der Waals surface area contributed by atoms with E-state index in [1.807, 2.05) is 0 Å². The Labute approximate surface area is 98.4 Å². The highest BCUT2D eigenvalue weighted by molar-refractivity contribution is 6.76. The molecule has 0 radical (unpaired) electrons. The first-order chi connectivity index (χ1) is 6.47. The summed E-state index contributed by atoms with van der Waals surface area (Å²) in [6, 6.07) is 0. The Morgan fingerprint density at radius 1 is 1.21 bits per heavy atom. The van der Waals surface area contributed by atoms with Crippen LogP contribution in [0.4, 0.5) is 0 Å². The maximum atomic E-state index is 7.47. The van der Waals surface area contributed by atoms with Crippen molar-refractivity contribution >= 4 is 40.7 Å². The van der Waals surface area contributed by atoms with Crippen molar-refractivity contribution in [2.45, 2.75) is 35.6 Å². The molecule has 0 unspecified atom stereocenters. The first-order valence-electron chi connectivity index (χ1n) is 4.79. The molecule has 14 heavy (non-hydrogen) atoms. The smallest absolute Gasteiger partial charge is 0.265 e. The molecule has 1 N–H and O–H groups in total. The predicted octanol–water partition coefficient (Wildman–Crippen LogP) is 3.54. The minimum atomic E-state index is -1.71. The van der Waals surface area contributed by atoms with Crippen LogP contribution in [-0.4, -0.2) is 15.8 Å². The van der Waals surface area contributed by atoms with E-state index in [0.717, 1.165) is 12.3 Å². The third-order valence-electron chi connectivity index (χ3n) is 3.20. The Bertz CT molecular complexity index is 251. The molecular weight excluding hydrogens is 244 g/mol. The van der Waals surface area contributed by atoms with Crippen LogP contribution in [0, 0.1) is 17.2 Å². The molecule has 2 saturated carbocycles. The number of halogens is 3. The molecule has 2 nitrogen and oxygen atoms in total. The third kappa shape index (κ3) is 2.12. The molecule has 0 spiro atoms. The zero-order chi connectivity index (χ0) is 10.3. The molecule has 0 aromatic carbocycles. The Hall–Kier alpha value is 0.340. The van der Waals surface area contributed by atoms with Gasteiger partial charge in [0.2, 0.25) is 5.90 Å². The minimum absolute atomic E-state index is 0.108. The number of fused-ring (bicyclic) bond motifs is 2. The molecule has 2 rings (SSSR count). The lowest BCUT2D eigenvalue weighted by Crippen LogP contribution is -2.30. The van der Waals surface area contributed by atoms with Crippen molar-refractivity contribution in [3.05, 3.63) is 0 Å². The second-order valence-electron chi connectivity index (χ2n) is 4.16. The van der Waals surface area contributed by atoms with Crippen LogP contribution in [0.15, 0.2) is 0 Å². The molecule has 0 aliphatic heterocycles. The fourth-order valence-corrected chi connectivity index (χ4v) is 2.68. The summed E-state index contributed by atoms with van der Waals surface area (Å²) in [4.78, 5) is 0. The Balaban J connectivity index is 1.90. The zero-order valence-electron chi connectivity index (χ0n) is 7.60. The van der Waals surface area contributed by atoms with Gasteiger partial charge in [0.15, 0.2) is 0 Å². The minimum Gasteiger partial charge on any atom is -0.474 e. The number of hydrogen-bond acceptors (Lipinski definition) is 2. The van der Waals surface area contributed by atoms with Gasteiger partial charge in [0, 0.05) is 0 Å². The van der Waals surface area contributed by atoms with E-state index in [1.165, 1.54) is 19.3 Å². The molecule has 2 fully saturated rings. The van der Waals surface area contributed by atoms with Crippen LogP contribution < -0.4 is 0 Å². The van der Waals surface area contributed by atoms with Gasteiger partial charge in [0.25, 0.3) is 3.79 Å². The van der Waals surface area contributed by atoms with Crippen molar-refractivity contribution in [1.29, 1.82) is 5.41 Å². The van der Waals surface area contributed by atoms with E-state index < -0.39 is 3.79 Å². The first kappa shape index (κ1) is 10.8. The van der Waals surface area contributed by atoms with Gasteiger partial charge in [-0.1, -0.05) is 34.8 Å². The molecule has 2 aliphatic rings. The lowest BCUT2D eigenvalue weighted by Gasteiger charge is -2.25. The molecule has 5 heteroatoms. The normalized spacial score (nSPS) is 36.1. The zero-order valence-corrected chi connectivity index (χ0v) is 9.87. The molecule has 0 aromatic rings. The van der Waals surface area contributed by atoms with E-state index in [1.54, 1.807) is 0 Å². The number of ether oxygens (including phenoxy) is 1. The molecule has 2 aliphatic carbocycles. The maximum absolute atomic E-state index is 7.47. The Morgan fingerprint density at radius 3 is 2.36 bits per heavy atom. The van der Waals surface area contributed by atoms with Crippen molar-refractivity contribution in [2.24, 2.45) is 11.8 Å². The molecule has 0 heterocycles. The van der Waals surface area contributed by atoms with Crippen LogP contribution in [0.3, 0.4) is 0 Å². The summed E-state index contributed by atoms with van der Waals surface area (Å²) in [5.74, 6) is 1.11. The fraction of sp³-hybridized carbons (Fsp3) is 0.889. The molecule has 3 atom stereocenters. The van der Waals surface area contributed by atoms with Crippen LogP contribution in [0.2, 0.25) is 0 Å². The van der Waals surface area contributed by atoms with Gasteiger partial charge in [-0.05, 0) is 37.5 Å². The maximum Gasteiger partial charge on any atom is 0.265 e. The van der Waals surface area contributed by atoms with Crippen LogP contribution >= 0.6 is 34.8 Å². The van der Waals surface area contributed by atoms with Gasteiger partial charge in [-0.2, -0.15) is 0 Å². The van der Waals surface area contributed by atoms with E-state index in [2.05, 4.69) is 0 Å². The number of nitrogens with one attached hydrogen (secondary N) is 1. The highest BCUT2D eigenvalue weighted by Gasteiger charge is 2.43. The Morgan fingerprint density at radius 2 is 1.93 bits per heavy atom. The molecule has 0 amide bonds. The summed E-state index contributed by atoms with van der Waals surface area (Å²) >= 11 is 16.6. The van der Waals surface area contributed by atoms with Gasteiger partial charge < -0.3 is 4.74 Å². The highest BCUT2D eigenvalue weighted by atomic mass is 35.6. The summed E-state index contributed by atoms with van der Waals surface area (Å²) in [6.45, 7) is 0. The number of rotatable bonds is 1. The van der Waals surface area contributed by atoms with E-state index >= 15 is 0 Å². The summed E-state index contributed by atoms with van der Waals surface area (Å²) in [7, 11) is 0. The summed E-state index contributed by atoms with van der Waals surface area (Å²) in [6.07, 6.45) is 4.84. The molecule has 0 aromatic heterocycles. The quantitative estimate of drug-likeness (QED) is 0.434. The highest BCUT2D eigenvalue weighted by Crippen LogP contribution is 2.46. The topological polar surface area (TPSA) is 33.1 Å². The summed E-state index contributed by atoms with van der Waals surface area (Å²) in [5, 5.41) is 7.47. The number of alkyl halides is 3.